The molecule has 194 valence electrons. The summed E-state index contributed by atoms with van der Waals surface area (Å²) in [5.74, 6) is 0.955. The van der Waals surface area contributed by atoms with Gasteiger partial charge in [0.2, 0.25) is 0 Å². The van der Waals surface area contributed by atoms with Crippen molar-refractivity contribution in [2.75, 3.05) is 45.3 Å². The smallest absolute Gasteiger partial charge is 0.277 e. The van der Waals surface area contributed by atoms with Crippen LogP contribution < -0.4 is 36.3 Å². The number of carbonyl (C=O) groups excluding carboxylic acids is 2. The summed E-state index contributed by atoms with van der Waals surface area (Å²) in [6, 6.07) is 5.85. The molecule has 0 saturated heterocycles. The van der Waals surface area contributed by atoms with Gasteiger partial charge in [-0.15, -0.1) is 0 Å². The number of nitrogens with one attached hydrogen (secondary N) is 3. The molecule has 0 aliphatic heterocycles. The van der Waals surface area contributed by atoms with Crippen LogP contribution in [-0.2, 0) is 24.4 Å². The lowest BCUT2D eigenvalue weighted by molar-refractivity contribution is -0.849. The van der Waals surface area contributed by atoms with Crippen molar-refractivity contribution < 1.29 is 23.8 Å². The minimum atomic E-state index is -0.501. The molecule has 0 radical (unpaired) electrons. The van der Waals surface area contributed by atoms with Gasteiger partial charge in [0.05, 0.1) is 33.7 Å². The number of aromatic nitrogens is 4. The van der Waals surface area contributed by atoms with Crippen LogP contribution in [0.2, 0.25) is 5.15 Å². The molecule has 2 aromatic heterocycles. The van der Waals surface area contributed by atoms with E-state index >= 15 is 0 Å². The molecule has 0 unspecified atom stereocenters. The standard InChI is InChI=1S/C23H32ClN9O3/c1-5-32-15-8-7-14(36-10-9-27-17(34)13-31(3)4)11-16(15)33(6-2)18(32)12-28-23(35)19-21(25)30-22(26)20(24)29-19/h7-8,11H,5-6,9-10,12-13H2,1-4H3,(H5-,25,26,27,28,30,34,35)/p+2. The zero-order valence-corrected chi connectivity index (χ0v) is 21.8. The van der Waals surface area contributed by atoms with E-state index < -0.39 is 5.91 Å². The van der Waals surface area contributed by atoms with Gasteiger partial charge in [-0.05, 0) is 26.0 Å². The number of likely N-dealkylation sites (N-methyl/N-ethyl adjacent to an activating group) is 1. The highest BCUT2D eigenvalue weighted by Gasteiger charge is 2.25. The maximum Gasteiger partial charge on any atom is 0.277 e. The van der Waals surface area contributed by atoms with Crippen molar-refractivity contribution in [2.24, 2.45) is 0 Å². The van der Waals surface area contributed by atoms with E-state index in [1.165, 1.54) is 0 Å². The number of nitrogen functional groups attached to an aromatic ring is 2. The fourth-order valence-corrected chi connectivity index (χ4v) is 4.08. The molecule has 12 nitrogen and oxygen atoms in total. The molecule has 0 saturated carbocycles. The first kappa shape index (κ1) is 27.0. The Morgan fingerprint density at radius 1 is 1.17 bits per heavy atom. The van der Waals surface area contributed by atoms with Gasteiger partial charge in [0, 0.05) is 6.07 Å². The van der Waals surface area contributed by atoms with Crippen molar-refractivity contribution in [2.45, 2.75) is 33.5 Å². The first-order chi connectivity index (χ1) is 17.2. The summed E-state index contributed by atoms with van der Waals surface area (Å²) in [7, 11) is 3.85. The number of amides is 2. The van der Waals surface area contributed by atoms with Gasteiger partial charge in [0.15, 0.2) is 40.1 Å². The van der Waals surface area contributed by atoms with Crippen LogP contribution in [0.25, 0.3) is 11.0 Å². The highest BCUT2D eigenvalue weighted by molar-refractivity contribution is 6.31. The Kier molecular flexibility index (Phi) is 8.88. The number of carbonyl (C=O) groups is 2. The van der Waals surface area contributed by atoms with Crippen LogP contribution in [0.1, 0.15) is 30.2 Å². The average molecular weight is 520 g/mol. The molecule has 1 aromatic carbocycles. The molecule has 7 N–H and O–H groups in total. The second-order valence-electron chi connectivity index (χ2n) is 8.45. The first-order valence-corrected chi connectivity index (χ1v) is 12.1. The number of ether oxygens (including phenoxy) is 1. The molecular weight excluding hydrogens is 486 g/mol. The van der Waals surface area contributed by atoms with Gasteiger partial charge in [0.1, 0.15) is 18.9 Å². The molecule has 13 heteroatoms. The molecule has 0 aliphatic rings. The molecule has 3 aromatic rings. The minimum absolute atomic E-state index is 0.0152. The fourth-order valence-electron chi connectivity index (χ4n) is 3.95. The number of halogens is 1. The third kappa shape index (κ3) is 6.13. The molecule has 2 amide bonds. The van der Waals surface area contributed by atoms with Gasteiger partial charge >= 0.3 is 0 Å². The van der Waals surface area contributed by atoms with E-state index in [1.807, 2.05) is 46.1 Å². The SMILES string of the molecule is CCn1c(CNC(=O)c2nc(Cl)c(N)nc2N)[n+](CC)c2ccc(OCCNC(=O)C[NH+](C)C)cc21. The zero-order chi connectivity index (χ0) is 26.4. The number of nitrogens with two attached hydrogens (primary N) is 2. The Hall–Kier alpha value is -3.64. The van der Waals surface area contributed by atoms with E-state index in [9.17, 15) is 9.59 Å². The van der Waals surface area contributed by atoms with Crippen LogP contribution in [-0.4, -0.2) is 60.1 Å². The van der Waals surface area contributed by atoms with Crippen molar-refractivity contribution in [3.05, 3.63) is 34.9 Å². The van der Waals surface area contributed by atoms with Crippen LogP contribution in [0.4, 0.5) is 11.6 Å². The highest BCUT2D eigenvalue weighted by atomic mass is 35.5. The Morgan fingerprint density at radius 2 is 1.92 bits per heavy atom. The number of benzene rings is 1. The second-order valence-corrected chi connectivity index (χ2v) is 8.81. The lowest BCUT2D eigenvalue weighted by atomic mass is 10.3. The van der Waals surface area contributed by atoms with Gasteiger partial charge in [-0.2, -0.15) is 0 Å². The van der Waals surface area contributed by atoms with Crippen LogP contribution in [0, 0.1) is 0 Å². The van der Waals surface area contributed by atoms with Gasteiger partial charge in [-0.1, -0.05) is 11.6 Å². The summed E-state index contributed by atoms with van der Waals surface area (Å²) < 4.78 is 10.1. The van der Waals surface area contributed by atoms with Gasteiger partial charge in [-0.3, -0.25) is 9.59 Å². The molecule has 0 spiro atoms. The number of quaternary nitrogens is 1. The van der Waals surface area contributed by atoms with E-state index in [1.54, 1.807) is 0 Å². The number of hydrogen-bond acceptors (Lipinski definition) is 7. The van der Waals surface area contributed by atoms with E-state index in [4.69, 9.17) is 27.8 Å². The lowest BCUT2D eigenvalue weighted by Gasteiger charge is -2.09. The van der Waals surface area contributed by atoms with Crippen molar-refractivity contribution in [3.63, 3.8) is 0 Å². The monoisotopic (exact) mass is 519 g/mol. The maximum atomic E-state index is 12.8. The third-order valence-corrected chi connectivity index (χ3v) is 5.80. The lowest BCUT2D eigenvalue weighted by Crippen LogP contribution is -3.07. The van der Waals surface area contributed by atoms with E-state index in [0.29, 0.717) is 38.5 Å². The number of fused-ring (bicyclic) bond motifs is 1. The molecule has 0 atom stereocenters. The summed E-state index contributed by atoms with van der Waals surface area (Å²) >= 11 is 5.92. The van der Waals surface area contributed by atoms with Crippen molar-refractivity contribution >= 4 is 46.1 Å². The van der Waals surface area contributed by atoms with Gasteiger partial charge in [-0.25, -0.2) is 19.1 Å². The van der Waals surface area contributed by atoms with Crippen molar-refractivity contribution in [1.82, 2.24) is 25.2 Å². The van der Waals surface area contributed by atoms with Crippen molar-refractivity contribution in [3.8, 4) is 5.75 Å². The van der Waals surface area contributed by atoms with Crippen LogP contribution in [0.5, 0.6) is 5.75 Å². The van der Waals surface area contributed by atoms with Gasteiger partial charge < -0.3 is 31.7 Å². The van der Waals surface area contributed by atoms with Gasteiger partial charge in [0.25, 0.3) is 17.6 Å². The highest BCUT2D eigenvalue weighted by Crippen LogP contribution is 2.22. The van der Waals surface area contributed by atoms with E-state index in [0.717, 1.165) is 21.8 Å². The molecule has 36 heavy (non-hydrogen) atoms. The Morgan fingerprint density at radius 3 is 2.58 bits per heavy atom. The molecule has 0 aliphatic carbocycles. The summed E-state index contributed by atoms with van der Waals surface area (Å²) in [6.45, 7) is 6.87. The number of nitrogens with zero attached hydrogens (tertiary/aromatic N) is 4. The maximum absolute atomic E-state index is 12.8. The fraction of sp³-hybridized carbons (Fsp3) is 0.435. The first-order valence-electron chi connectivity index (χ1n) is 11.8. The zero-order valence-electron chi connectivity index (χ0n) is 21.0. The van der Waals surface area contributed by atoms with Crippen LogP contribution in [0.3, 0.4) is 0 Å². The summed E-state index contributed by atoms with van der Waals surface area (Å²) in [4.78, 5) is 33.5. The molecule has 3 rings (SSSR count). The molecule has 0 fully saturated rings. The summed E-state index contributed by atoms with van der Waals surface area (Å²) in [5, 5.41) is 5.63. The minimum Gasteiger partial charge on any atom is -0.492 e. The van der Waals surface area contributed by atoms with Crippen molar-refractivity contribution in [1.29, 1.82) is 0 Å². The van der Waals surface area contributed by atoms with Crippen LogP contribution >= 0.6 is 11.6 Å². The predicted molar refractivity (Wildman–Crippen MR) is 137 cm³/mol. The van der Waals surface area contributed by atoms with Crippen LogP contribution in [0.15, 0.2) is 18.2 Å². The normalized spacial score (nSPS) is 11.2. The van der Waals surface area contributed by atoms with E-state index in [-0.39, 0.29) is 34.9 Å². The Bertz CT molecular complexity index is 1260. The molecule has 0 bridgehead atoms. The Balaban J connectivity index is 1.76. The third-order valence-electron chi connectivity index (χ3n) is 5.52. The number of rotatable bonds is 11. The molecular formula is C23H34ClN9O3+2. The topological polar surface area (TPSA) is 158 Å². The predicted octanol–water partition coefficient (Wildman–Crippen LogP) is -0.854. The van der Waals surface area contributed by atoms with E-state index in [2.05, 4.69) is 29.7 Å². The summed E-state index contributed by atoms with van der Waals surface area (Å²) in [5.41, 5.74) is 13.3. The second kappa shape index (κ2) is 11.9. The molecule has 2 heterocycles. The quantitative estimate of drug-likeness (QED) is 0.163. The Labute approximate surface area is 214 Å². The number of hydrogen-bond donors (Lipinski definition) is 5. The summed E-state index contributed by atoms with van der Waals surface area (Å²) in [6.07, 6.45) is 0. The number of anilines is 2. The average Bonchev–Trinajstić information content (AvgIpc) is 3.13. The largest absolute Gasteiger partial charge is 0.492 e. The number of aryl methyl sites for hydroxylation is 2. The number of imidazole rings is 1.